The predicted octanol–water partition coefficient (Wildman–Crippen LogP) is 2.73. The van der Waals surface area contributed by atoms with Crippen molar-refractivity contribution in [1.29, 1.82) is 0 Å². The van der Waals surface area contributed by atoms with Gasteiger partial charge in [0.05, 0.1) is 0 Å². The maximum atomic E-state index is 11.4. The quantitative estimate of drug-likeness (QED) is 0.649. The van der Waals surface area contributed by atoms with E-state index < -0.39 is 0 Å². The van der Waals surface area contributed by atoms with Crippen molar-refractivity contribution in [2.24, 2.45) is 5.92 Å². The lowest BCUT2D eigenvalue weighted by atomic mass is 9.95. The topological polar surface area (TPSA) is 29.1 Å². The minimum Gasteiger partial charge on any atom is -0.359 e. The molecule has 0 rings (SSSR count). The average molecular weight is 185 g/mol. The molecule has 0 unspecified atom stereocenters. The minimum atomic E-state index is 0.224. The average Bonchev–Trinajstić information content (AvgIpc) is 2.17. The Morgan fingerprint density at radius 2 is 1.62 bits per heavy atom. The summed E-state index contributed by atoms with van der Waals surface area (Å²) in [5.74, 6) is 0.479. The van der Waals surface area contributed by atoms with Gasteiger partial charge in [-0.05, 0) is 12.8 Å². The molecular weight excluding hydrogens is 162 g/mol. The summed E-state index contributed by atoms with van der Waals surface area (Å²) >= 11 is 0. The number of hydrogen-bond donors (Lipinski definition) is 1. The Hall–Kier alpha value is -0.530. The van der Waals surface area contributed by atoms with Gasteiger partial charge in [-0.2, -0.15) is 0 Å². The number of amides is 1. The number of hydrogen-bond acceptors (Lipinski definition) is 1. The van der Waals surface area contributed by atoms with Crippen molar-refractivity contribution in [2.45, 2.75) is 52.4 Å². The molecule has 0 atom stereocenters. The Morgan fingerprint density at radius 1 is 1.15 bits per heavy atom. The number of nitrogens with one attached hydrogen (secondary N) is 1. The third-order valence-corrected chi connectivity index (χ3v) is 2.43. The molecule has 1 amide bonds. The van der Waals surface area contributed by atoms with Gasteiger partial charge in [-0.3, -0.25) is 4.79 Å². The van der Waals surface area contributed by atoms with Crippen LogP contribution >= 0.6 is 0 Å². The molecule has 0 aromatic heterocycles. The minimum absolute atomic E-state index is 0.224. The number of carbonyl (C=O) groups is 1. The van der Waals surface area contributed by atoms with Gasteiger partial charge in [0, 0.05) is 13.0 Å². The van der Waals surface area contributed by atoms with Crippen LogP contribution < -0.4 is 5.32 Å². The van der Waals surface area contributed by atoms with Gasteiger partial charge in [0.15, 0.2) is 0 Å². The summed E-state index contributed by atoms with van der Waals surface area (Å²) in [5, 5.41) is 2.74. The summed E-state index contributed by atoms with van der Waals surface area (Å²) < 4.78 is 0. The Bertz CT molecular complexity index is 126. The molecule has 0 radical (unpaired) electrons. The van der Waals surface area contributed by atoms with Crippen molar-refractivity contribution in [1.82, 2.24) is 5.32 Å². The van der Waals surface area contributed by atoms with E-state index in [4.69, 9.17) is 0 Å². The second kappa shape index (κ2) is 8.09. The van der Waals surface area contributed by atoms with E-state index in [0.717, 1.165) is 12.8 Å². The summed E-state index contributed by atoms with van der Waals surface area (Å²) in [6.07, 6.45) is 6.80. The van der Waals surface area contributed by atoms with Crippen molar-refractivity contribution in [3.63, 3.8) is 0 Å². The highest BCUT2D eigenvalue weighted by Crippen LogP contribution is 2.15. The molecular formula is C11H23NO. The molecule has 0 saturated heterocycles. The van der Waals surface area contributed by atoms with Crippen LogP contribution in [0.5, 0.6) is 0 Å². The van der Waals surface area contributed by atoms with Crippen molar-refractivity contribution in [3.8, 4) is 0 Å². The summed E-state index contributed by atoms with van der Waals surface area (Å²) in [4.78, 5) is 11.4. The maximum absolute atomic E-state index is 11.4. The highest BCUT2D eigenvalue weighted by Gasteiger charge is 2.15. The molecule has 0 saturated carbocycles. The van der Waals surface area contributed by atoms with Gasteiger partial charge >= 0.3 is 0 Å². The largest absolute Gasteiger partial charge is 0.359 e. The number of rotatable bonds is 7. The first kappa shape index (κ1) is 12.5. The van der Waals surface area contributed by atoms with Gasteiger partial charge in [-0.1, -0.05) is 39.5 Å². The van der Waals surface area contributed by atoms with Crippen LogP contribution in [0.15, 0.2) is 0 Å². The standard InChI is InChI=1S/C11H23NO/c1-4-6-8-10(9-7-5-2)11(13)12-3/h10H,4-9H2,1-3H3,(H,12,13). The molecule has 0 bridgehead atoms. The van der Waals surface area contributed by atoms with E-state index >= 15 is 0 Å². The highest BCUT2D eigenvalue weighted by atomic mass is 16.1. The highest BCUT2D eigenvalue weighted by molar-refractivity contribution is 5.78. The van der Waals surface area contributed by atoms with Crippen molar-refractivity contribution < 1.29 is 4.79 Å². The molecule has 0 spiro atoms. The first-order valence-corrected chi connectivity index (χ1v) is 5.47. The van der Waals surface area contributed by atoms with Crippen LogP contribution in [0.1, 0.15) is 52.4 Å². The lowest BCUT2D eigenvalue weighted by molar-refractivity contribution is -0.125. The SMILES string of the molecule is CCCCC(CCCC)C(=O)NC. The van der Waals surface area contributed by atoms with Crippen molar-refractivity contribution in [3.05, 3.63) is 0 Å². The first-order valence-electron chi connectivity index (χ1n) is 5.47. The first-order chi connectivity index (χ1) is 6.26. The van der Waals surface area contributed by atoms with E-state index in [1.54, 1.807) is 7.05 Å². The molecule has 1 N–H and O–H groups in total. The van der Waals surface area contributed by atoms with Crippen LogP contribution in [0.2, 0.25) is 0 Å². The molecule has 78 valence electrons. The van der Waals surface area contributed by atoms with Gasteiger partial charge in [0.1, 0.15) is 0 Å². The fourth-order valence-corrected chi connectivity index (χ4v) is 1.51. The molecule has 0 aliphatic heterocycles. The lowest BCUT2D eigenvalue weighted by Gasteiger charge is -2.13. The van der Waals surface area contributed by atoms with Crippen LogP contribution in [0.3, 0.4) is 0 Å². The number of carbonyl (C=O) groups excluding carboxylic acids is 1. The fourth-order valence-electron chi connectivity index (χ4n) is 1.51. The Labute approximate surface area is 82.1 Å². The third-order valence-electron chi connectivity index (χ3n) is 2.43. The number of unbranched alkanes of at least 4 members (excludes halogenated alkanes) is 2. The summed E-state index contributed by atoms with van der Waals surface area (Å²) in [7, 11) is 1.73. The second-order valence-electron chi connectivity index (χ2n) is 3.60. The normalized spacial score (nSPS) is 10.5. The van der Waals surface area contributed by atoms with E-state index in [-0.39, 0.29) is 11.8 Å². The molecule has 2 nitrogen and oxygen atoms in total. The molecule has 2 heteroatoms. The van der Waals surface area contributed by atoms with E-state index in [1.807, 2.05) is 0 Å². The Morgan fingerprint density at radius 3 is 1.92 bits per heavy atom. The van der Waals surface area contributed by atoms with Crippen LogP contribution in [0.4, 0.5) is 0 Å². The zero-order chi connectivity index (χ0) is 10.1. The van der Waals surface area contributed by atoms with Gasteiger partial charge in [0.2, 0.25) is 5.91 Å². The molecule has 0 aromatic carbocycles. The van der Waals surface area contributed by atoms with E-state index in [1.165, 1.54) is 25.7 Å². The summed E-state index contributed by atoms with van der Waals surface area (Å²) in [6.45, 7) is 4.33. The van der Waals surface area contributed by atoms with Crippen LogP contribution in [-0.2, 0) is 4.79 Å². The van der Waals surface area contributed by atoms with Gasteiger partial charge in [-0.15, -0.1) is 0 Å². The van der Waals surface area contributed by atoms with Gasteiger partial charge in [-0.25, -0.2) is 0 Å². The fraction of sp³-hybridized carbons (Fsp3) is 0.909. The molecule has 0 aliphatic rings. The van der Waals surface area contributed by atoms with E-state index in [9.17, 15) is 4.79 Å². The van der Waals surface area contributed by atoms with Crippen molar-refractivity contribution in [2.75, 3.05) is 7.05 Å². The summed E-state index contributed by atoms with van der Waals surface area (Å²) in [6, 6.07) is 0. The van der Waals surface area contributed by atoms with E-state index in [0.29, 0.717) is 0 Å². The second-order valence-corrected chi connectivity index (χ2v) is 3.60. The Kier molecular flexibility index (Phi) is 7.76. The van der Waals surface area contributed by atoms with E-state index in [2.05, 4.69) is 19.2 Å². The van der Waals surface area contributed by atoms with Crippen LogP contribution in [-0.4, -0.2) is 13.0 Å². The summed E-state index contributed by atoms with van der Waals surface area (Å²) in [5.41, 5.74) is 0. The molecule has 13 heavy (non-hydrogen) atoms. The molecule has 0 aliphatic carbocycles. The lowest BCUT2D eigenvalue weighted by Crippen LogP contribution is -2.27. The van der Waals surface area contributed by atoms with Crippen molar-refractivity contribution >= 4 is 5.91 Å². The smallest absolute Gasteiger partial charge is 0.222 e. The van der Waals surface area contributed by atoms with Crippen LogP contribution in [0.25, 0.3) is 0 Å². The molecule has 0 aromatic rings. The van der Waals surface area contributed by atoms with Gasteiger partial charge < -0.3 is 5.32 Å². The van der Waals surface area contributed by atoms with Gasteiger partial charge in [0.25, 0.3) is 0 Å². The molecule has 0 heterocycles. The van der Waals surface area contributed by atoms with Crippen LogP contribution in [0, 0.1) is 5.92 Å². The zero-order valence-electron chi connectivity index (χ0n) is 9.23. The monoisotopic (exact) mass is 185 g/mol. The maximum Gasteiger partial charge on any atom is 0.222 e. The predicted molar refractivity (Wildman–Crippen MR) is 56.6 cm³/mol. The molecule has 0 fully saturated rings. The third kappa shape index (κ3) is 5.67. The zero-order valence-corrected chi connectivity index (χ0v) is 9.23. The Balaban J connectivity index is 3.79.